The van der Waals surface area contributed by atoms with Crippen molar-refractivity contribution >= 4 is 0 Å². The van der Waals surface area contributed by atoms with Crippen molar-refractivity contribution in [3.05, 3.63) is 35.4 Å². The molecular formula is C16H27NO3. The third-order valence-electron chi connectivity index (χ3n) is 3.02. The Morgan fingerprint density at radius 2 is 1.80 bits per heavy atom. The summed E-state index contributed by atoms with van der Waals surface area (Å²) in [7, 11) is 3.64. The van der Waals surface area contributed by atoms with Gasteiger partial charge >= 0.3 is 0 Å². The average molecular weight is 281 g/mol. The third-order valence-corrected chi connectivity index (χ3v) is 3.02. The lowest BCUT2D eigenvalue weighted by Crippen LogP contribution is -2.21. The zero-order valence-corrected chi connectivity index (χ0v) is 12.9. The Bertz CT molecular complexity index is 340. The van der Waals surface area contributed by atoms with E-state index in [2.05, 4.69) is 36.5 Å². The Balaban J connectivity index is 2.27. The Morgan fingerprint density at radius 1 is 1.05 bits per heavy atom. The highest BCUT2D eigenvalue weighted by Gasteiger charge is 2.10. The van der Waals surface area contributed by atoms with Crippen LogP contribution in [0.15, 0.2) is 24.3 Å². The molecule has 0 amide bonds. The normalized spacial score (nSPS) is 12.6. The minimum atomic E-state index is 0.0724. The van der Waals surface area contributed by atoms with E-state index in [0.29, 0.717) is 13.2 Å². The summed E-state index contributed by atoms with van der Waals surface area (Å²) in [4.78, 5) is 0. The summed E-state index contributed by atoms with van der Waals surface area (Å²) in [6, 6.07) is 8.47. The van der Waals surface area contributed by atoms with Crippen LogP contribution in [0.5, 0.6) is 0 Å². The summed E-state index contributed by atoms with van der Waals surface area (Å²) in [6.45, 7) is 5.58. The van der Waals surface area contributed by atoms with Gasteiger partial charge in [-0.15, -0.1) is 0 Å². The Morgan fingerprint density at radius 3 is 2.45 bits per heavy atom. The second-order valence-corrected chi connectivity index (χ2v) is 4.79. The molecule has 0 aliphatic carbocycles. The van der Waals surface area contributed by atoms with Gasteiger partial charge < -0.3 is 19.5 Å². The monoisotopic (exact) mass is 281 g/mol. The summed E-state index contributed by atoms with van der Waals surface area (Å²) in [5.74, 6) is 0. The highest BCUT2D eigenvalue weighted by molar-refractivity contribution is 5.23. The number of likely N-dealkylation sites (N-methyl/N-ethyl adjacent to an activating group) is 1. The fraction of sp³-hybridized carbons (Fsp3) is 0.625. The Kier molecular flexibility index (Phi) is 9.24. The Hall–Kier alpha value is -0.940. The van der Waals surface area contributed by atoms with E-state index in [0.717, 1.165) is 26.2 Å². The highest BCUT2D eigenvalue weighted by atomic mass is 16.5. The predicted molar refractivity (Wildman–Crippen MR) is 81.1 cm³/mol. The van der Waals surface area contributed by atoms with E-state index in [4.69, 9.17) is 14.2 Å². The minimum absolute atomic E-state index is 0.0724. The number of aryl methyl sites for hydroxylation is 1. The molecule has 20 heavy (non-hydrogen) atoms. The molecule has 0 saturated carbocycles. The molecule has 1 unspecified atom stereocenters. The van der Waals surface area contributed by atoms with Crippen molar-refractivity contribution in [2.45, 2.75) is 19.4 Å². The topological polar surface area (TPSA) is 39.7 Å². The lowest BCUT2D eigenvalue weighted by molar-refractivity contribution is 0.00141. The third kappa shape index (κ3) is 7.01. The molecule has 4 heteroatoms. The van der Waals surface area contributed by atoms with Gasteiger partial charge in [-0.3, -0.25) is 0 Å². The summed E-state index contributed by atoms with van der Waals surface area (Å²) >= 11 is 0. The molecule has 1 atom stereocenters. The summed E-state index contributed by atoms with van der Waals surface area (Å²) in [5.41, 5.74) is 2.46. The minimum Gasteiger partial charge on any atom is -0.385 e. The van der Waals surface area contributed by atoms with Gasteiger partial charge in [0.15, 0.2) is 0 Å². The first-order chi connectivity index (χ1) is 9.77. The zero-order valence-electron chi connectivity index (χ0n) is 12.9. The molecule has 0 bridgehead atoms. The van der Waals surface area contributed by atoms with Crippen molar-refractivity contribution < 1.29 is 14.2 Å². The first-order valence-electron chi connectivity index (χ1n) is 7.17. The van der Waals surface area contributed by atoms with E-state index in [1.807, 2.05) is 7.05 Å². The molecule has 0 spiro atoms. The molecule has 1 rings (SSSR count). The van der Waals surface area contributed by atoms with E-state index < -0.39 is 0 Å². The fourth-order valence-corrected chi connectivity index (χ4v) is 1.90. The van der Waals surface area contributed by atoms with Gasteiger partial charge in [0.2, 0.25) is 0 Å². The summed E-state index contributed by atoms with van der Waals surface area (Å²) in [5, 5.41) is 3.17. The number of nitrogens with one attached hydrogen (secondary N) is 1. The molecule has 4 nitrogen and oxygen atoms in total. The predicted octanol–water partition coefficient (Wildman–Crippen LogP) is 2.33. The average Bonchev–Trinajstić information content (AvgIpc) is 2.46. The van der Waals surface area contributed by atoms with Gasteiger partial charge in [-0.2, -0.15) is 0 Å². The van der Waals surface area contributed by atoms with Gasteiger partial charge in [0.1, 0.15) is 0 Å². The number of benzene rings is 1. The SMILES string of the molecule is CNCC(OCCOCCCOC)c1ccc(C)cc1. The second kappa shape index (κ2) is 10.8. The van der Waals surface area contributed by atoms with E-state index in [-0.39, 0.29) is 6.10 Å². The number of ether oxygens (including phenoxy) is 3. The molecule has 0 aliphatic rings. The molecule has 1 aromatic carbocycles. The van der Waals surface area contributed by atoms with E-state index in [1.54, 1.807) is 7.11 Å². The van der Waals surface area contributed by atoms with Gasteiger partial charge in [0.25, 0.3) is 0 Å². The smallest absolute Gasteiger partial charge is 0.0950 e. The lowest BCUT2D eigenvalue weighted by atomic mass is 10.1. The van der Waals surface area contributed by atoms with Gasteiger partial charge in [-0.1, -0.05) is 29.8 Å². The Labute approximate surface area is 122 Å². The number of hydrogen-bond acceptors (Lipinski definition) is 4. The molecule has 0 fully saturated rings. The molecule has 0 saturated heterocycles. The van der Waals surface area contributed by atoms with Crippen LogP contribution >= 0.6 is 0 Å². The van der Waals surface area contributed by atoms with Crippen molar-refractivity contribution in [1.82, 2.24) is 5.32 Å². The first kappa shape index (κ1) is 17.1. The van der Waals surface area contributed by atoms with Crippen LogP contribution in [0, 0.1) is 6.92 Å². The molecule has 0 radical (unpaired) electrons. The number of methoxy groups -OCH3 is 1. The van der Waals surface area contributed by atoms with Gasteiger partial charge in [0.05, 0.1) is 19.3 Å². The van der Waals surface area contributed by atoms with Crippen molar-refractivity contribution in [3.63, 3.8) is 0 Å². The van der Waals surface area contributed by atoms with Crippen LogP contribution in [0.25, 0.3) is 0 Å². The summed E-state index contributed by atoms with van der Waals surface area (Å²) in [6.07, 6.45) is 0.997. The van der Waals surface area contributed by atoms with Crippen molar-refractivity contribution in [2.75, 3.05) is 47.1 Å². The lowest BCUT2D eigenvalue weighted by Gasteiger charge is -2.18. The largest absolute Gasteiger partial charge is 0.385 e. The molecular weight excluding hydrogens is 254 g/mol. The van der Waals surface area contributed by atoms with Crippen LogP contribution < -0.4 is 5.32 Å². The fourth-order valence-electron chi connectivity index (χ4n) is 1.90. The quantitative estimate of drug-likeness (QED) is 0.632. The van der Waals surface area contributed by atoms with Crippen LogP contribution in [0.4, 0.5) is 0 Å². The standard InChI is InChI=1S/C16H27NO3/c1-14-5-7-15(8-6-14)16(13-17-2)20-12-11-19-10-4-9-18-3/h5-8,16-17H,4,9-13H2,1-3H3. The van der Waals surface area contributed by atoms with Crippen LogP contribution in [0.3, 0.4) is 0 Å². The van der Waals surface area contributed by atoms with Crippen molar-refractivity contribution in [3.8, 4) is 0 Å². The first-order valence-corrected chi connectivity index (χ1v) is 7.17. The van der Waals surface area contributed by atoms with Crippen LogP contribution in [-0.2, 0) is 14.2 Å². The molecule has 0 aromatic heterocycles. The van der Waals surface area contributed by atoms with Crippen LogP contribution in [0.2, 0.25) is 0 Å². The maximum Gasteiger partial charge on any atom is 0.0950 e. The van der Waals surface area contributed by atoms with E-state index in [1.165, 1.54) is 11.1 Å². The maximum atomic E-state index is 5.90. The zero-order chi connectivity index (χ0) is 14.6. The van der Waals surface area contributed by atoms with Crippen LogP contribution in [-0.4, -0.2) is 47.1 Å². The number of hydrogen-bond donors (Lipinski definition) is 1. The number of rotatable bonds is 11. The van der Waals surface area contributed by atoms with Gasteiger partial charge in [-0.05, 0) is 26.0 Å². The van der Waals surface area contributed by atoms with E-state index in [9.17, 15) is 0 Å². The second-order valence-electron chi connectivity index (χ2n) is 4.79. The van der Waals surface area contributed by atoms with Gasteiger partial charge in [-0.25, -0.2) is 0 Å². The van der Waals surface area contributed by atoms with Gasteiger partial charge in [0, 0.05) is 26.9 Å². The van der Waals surface area contributed by atoms with Crippen molar-refractivity contribution in [1.29, 1.82) is 0 Å². The molecule has 0 heterocycles. The molecule has 1 N–H and O–H groups in total. The van der Waals surface area contributed by atoms with Crippen molar-refractivity contribution in [2.24, 2.45) is 0 Å². The molecule has 114 valence electrons. The van der Waals surface area contributed by atoms with Crippen LogP contribution in [0.1, 0.15) is 23.7 Å². The van der Waals surface area contributed by atoms with E-state index >= 15 is 0 Å². The maximum absolute atomic E-state index is 5.90. The molecule has 0 aliphatic heterocycles. The summed E-state index contributed by atoms with van der Waals surface area (Å²) < 4.78 is 16.4. The highest BCUT2D eigenvalue weighted by Crippen LogP contribution is 2.17. The molecule has 1 aromatic rings.